The van der Waals surface area contributed by atoms with Crippen LogP contribution < -0.4 is 10.5 Å². The van der Waals surface area contributed by atoms with Crippen molar-refractivity contribution >= 4 is 52.2 Å². The summed E-state index contributed by atoms with van der Waals surface area (Å²) in [4.78, 5) is 67.5. The molecule has 21 heteroatoms. The average molecular weight is 766 g/mol. The number of carboxylic acids is 4. The van der Waals surface area contributed by atoms with E-state index in [9.17, 15) is 50.6 Å². The number of fused-ring (bicyclic) bond motifs is 1. The van der Waals surface area contributed by atoms with E-state index in [1.165, 1.54) is 6.07 Å². The van der Waals surface area contributed by atoms with E-state index in [1.54, 1.807) is 68.3 Å². The number of alkyl halides is 6. The lowest BCUT2D eigenvalue weighted by molar-refractivity contribution is -0.193. The summed E-state index contributed by atoms with van der Waals surface area (Å²) in [7, 11) is 1.67. The Morgan fingerprint density at radius 1 is 0.830 bits per heavy atom. The van der Waals surface area contributed by atoms with Gasteiger partial charge in [-0.1, -0.05) is 32.0 Å². The van der Waals surface area contributed by atoms with Gasteiger partial charge in [0.2, 0.25) is 5.76 Å². The van der Waals surface area contributed by atoms with Gasteiger partial charge < -0.3 is 35.3 Å². The fraction of sp³-hybridized carbons (Fsp3) is 0.344. The maximum absolute atomic E-state index is 13.0. The van der Waals surface area contributed by atoms with Gasteiger partial charge >= 0.3 is 42.2 Å². The number of nitrogens with zero attached hydrogens (tertiary/aromatic N) is 1. The number of benzene rings is 2. The number of rotatable bonds is 13. The highest BCUT2D eigenvalue weighted by Crippen LogP contribution is 2.24. The monoisotopic (exact) mass is 765 g/mol. The van der Waals surface area contributed by atoms with Gasteiger partial charge in [0, 0.05) is 12.0 Å². The van der Waals surface area contributed by atoms with Crippen LogP contribution in [0.4, 0.5) is 26.3 Å². The van der Waals surface area contributed by atoms with Crippen LogP contribution in [-0.4, -0.2) is 92.2 Å². The highest BCUT2D eigenvalue weighted by molar-refractivity contribution is 5.99. The Hall–Kier alpha value is -5.99. The molecule has 15 nitrogen and oxygen atoms in total. The number of carbonyl (C=O) groups is 6. The lowest BCUT2D eigenvalue weighted by Gasteiger charge is -2.30. The molecule has 53 heavy (non-hydrogen) atoms. The van der Waals surface area contributed by atoms with E-state index in [2.05, 4.69) is 0 Å². The van der Waals surface area contributed by atoms with Crippen LogP contribution in [0.3, 0.4) is 0 Å². The van der Waals surface area contributed by atoms with Crippen molar-refractivity contribution < 1.29 is 84.7 Å². The van der Waals surface area contributed by atoms with Crippen LogP contribution in [0.5, 0.6) is 5.75 Å². The number of amidine groups is 1. The summed E-state index contributed by atoms with van der Waals surface area (Å²) in [5.74, 6) is -10.1. The average Bonchev–Trinajstić information content (AvgIpc) is 3.48. The van der Waals surface area contributed by atoms with Crippen LogP contribution >= 0.6 is 0 Å². The van der Waals surface area contributed by atoms with Crippen molar-refractivity contribution in [3.05, 3.63) is 65.6 Å². The number of ketones is 1. The first-order chi connectivity index (χ1) is 24.2. The number of nitrogens with two attached hydrogens (primary N) is 1. The molecule has 1 heterocycles. The molecule has 0 aliphatic rings. The maximum Gasteiger partial charge on any atom is 0.490 e. The van der Waals surface area contributed by atoms with Gasteiger partial charge in [0.15, 0.2) is 5.78 Å². The minimum absolute atomic E-state index is 0.0368. The summed E-state index contributed by atoms with van der Waals surface area (Å²) in [5, 5.41) is 41.7. The molecule has 1 aromatic heterocycles. The standard InChI is InChI=1S/C28H31N3O8.2C2HF3O2/c1-15(2)25(22(32)12-19(27(35)36)13-24(33)34)31(3)14-21-8-9-23(38-21)28(37)39-20-7-6-16-10-18(26(29)30)5-4-17(16)11-20;2*3-2(4,5)1(6)7/h4-11,15,19,25H,12-14H2,1-3H3,(H3,29,30)(H,33,34)(H,35,36);2*(H,6,7)/t19-,25-;;/m0../s1. The minimum atomic E-state index is -5.08. The Labute approximate surface area is 295 Å². The number of Topliss-reactive ketones (excluding diaryl/α,β-unsaturated/α-hetero) is 1. The van der Waals surface area contributed by atoms with Crippen molar-refractivity contribution in [2.45, 2.75) is 51.6 Å². The van der Waals surface area contributed by atoms with Gasteiger partial charge in [-0.05, 0) is 54.1 Å². The fourth-order valence-corrected chi connectivity index (χ4v) is 4.48. The molecule has 0 aliphatic heterocycles. The van der Waals surface area contributed by atoms with Crippen molar-refractivity contribution in [2.24, 2.45) is 17.6 Å². The molecule has 0 amide bonds. The summed E-state index contributed by atoms with van der Waals surface area (Å²) in [5.41, 5.74) is 6.12. The number of esters is 1. The summed E-state index contributed by atoms with van der Waals surface area (Å²) >= 11 is 0. The SMILES string of the molecule is CC(C)[C@@H](C(=O)C[C@@H](CC(=O)O)C(=O)O)N(C)Cc1ccc(C(=O)Oc2ccc3cc(C(=N)N)ccc3c2)o1.O=C(O)C(F)(F)F.O=C(O)C(F)(F)F. The van der Waals surface area contributed by atoms with Gasteiger partial charge in [0.25, 0.3) is 0 Å². The quantitative estimate of drug-likeness (QED) is 0.0450. The fourth-order valence-electron chi connectivity index (χ4n) is 4.48. The van der Waals surface area contributed by atoms with Gasteiger partial charge in [-0.25, -0.2) is 14.4 Å². The first kappa shape index (κ1) is 45.0. The van der Waals surface area contributed by atoms with E-state index in [4.69, 9.17) is 45.2 Å². The molecule has 0 bridgehead atoms. The predicted octanol–water partition coefficient (Wildman–Crippen LogP) is 4.79. The number of nitrogens with one attached hydrogen (secondary N) is 1. The number of hydrogen-bond donors (Lipinski definition) is 6. The third-order valence-electron chi connectivity index (χ3n) is 6.74. The molecular weight excluding hydrogens is 732 g/mol. The number of hydrogen-bond acceptors (Lipinski definition) is 10. The number of aliphatic carboxylic acids is 4. The third-order valence-corrected chi connectivity index (χ3v) is 6.74. The summed E-state index contributed by atoms with van der Waals surface area (Å²) in [6, 6.07) is 12.7. The number of carboxylic acid groups (broad SMARTS) is 4. The highest BCUT2D eigenvalue weighted by atomic mass is 19.4. The summed E-state index contributed by atoms with van der Waals surface area (Å²) < 4.78 is 74.6. The number of likely N-dealkylation sites (N-methyl/N-ethyl adjacent to an activating group) is 1. The zero-order valence-corrected chi connectivity index (χ0v) is 27.8. The highest BCUT2D eigenvalue weighted by Gasteiger charge is 2.39. The second-order valence-electron chi connectivity index (χ2n) is 11.3. The largest absolute Gasteiger partial charge is 0.490 e. The first-order valence-electron chi connectivity index (χ1n) is 14.7. The van der Waals surface area contributed by atoms with Crippen LogP contribution in [0.1, 0.15) is 48.6 Å². The molecule has 0 aliphatic carbocycles. The number of carbonyl (C=O) groups excluding carboxylic acids is 2. The topological polar surface area (TPSA) is 259 Å². The number of ether oxygens (including phenoxy) is 1. The Kier molecular flexibility index (Phi) is 16.2. The van der Waals surface area contributed by atoms with Gasteiger partial charge in [0.05, 0.1) is 24.9 Å². The first-order valence-corrected chi connectivity index (χ1v) is 14.7. The zero-order chi connectivity index (χ0) is 41.0. The lowest BCUT2D eigenvalue weighted by atomic mass is 9.90. The Balaban J connectivity index is 0.000000845. The van der Waals surface area contributed by atoms with Gasteiger partial charge in [0.1, 0.15) is 17.3 Å². The summed E-state index contributed by atoms with van der Waals surface area (Å²) in [6.07, 6.45) is -11.2. The normalized spacial score (nSPS) is 12.4. The summed E-state index contributed by atoms with van der Waals surface area (Å²) in [6.45, 7) is 3.76. The Morgan fingerprint density at radius 2 is 1.34 bits per heavy atom. The number of furan rings is 1. The van der Waals surface area contributed by atoms with Crippen molar-refractivity contribution in [3.8, 4) is 5.75 Å². The number of halogens is 6. The van der Waals surface area contributed by atoms with E-state index in [-0.39, 0.29) is 29.8 Å². The zero-order valence-electron chi connectivity index (χ0n) is 27.8. The molecular formula is C32H33F6N3O12. The van der Waals surface area contributed by atoms with Gasteiger partial charge in [-0.3, -0.25) is 24.7 Å². The van der Waals surface area contributed by atoms with Crippen LogP contribution in [-0.2, 0) is 30.5 Å². The van der Waals surface area contributed by atoms with Gasteiger partial charge in [-0.2, -0.15) is 26.3 Å². The maximum atomic E-state index is 13.0. The van der Waals surface area contributed by atoms with Crippen molar-refractivity contribution in [1.29, 1.82) is 5.41 Å². The van der Waals surface area contributed by atoms with Crippen LogP contribution in [0.2, 0.25) is 0 Å². The van der Waals surface area contributed by atoms with Crippen LogP contribution in [0, 0.1) is 17.2 Å². The molecule has 0 fully saturated rings. The molecule has 0 spiro atoms. The molecule has 3 rings (SSSR count). The third kappa shape index (κ3) is 15.0. The second-order valence-corrected chi connectivity index (χ2v) is 11.3. The predicted molar refractivity (Wildman–Crippen MR) is 169 cm³/mol. The Morgan fingerprint density at radius 3 is 1.79 bits per heavy atom. The van der Waals surface area contributed by atoms with E-state index in [0.717, 1.165) is 10.8 Å². The molecule has 0 saturated carbocycles. The number of nitrogen functional groups attached to an aromatic ring is 1. The molecule has 2 aromatic carbocycles. The lowest BCUT2D eigenvalue weighted by Crippen LogP contribution is -2.43. The van der Waals surface area contributed by atoms with E-state index in [1.807, 2.05) is 0 Å². The molecule has 7 N–H and O–H groups in total. The molecule has 0 unspecified atom stereocenters. The molecule has 0 saturated heterocycles. The second kappa shape index (κ2) is 19.0. The smallest absolute Gasteiger partial charge is 0.481 e. The molecule has 2 atom stereocenters. The van der Waals surface area contributed by atoms with E-state index in [0.29, 0.717) is 17.1 Å². The minimum Gasteiger partial charge on any atom is -0.481 e. The van der Waals surface area contributed by atoms with Gasteiger partial charge in [-0.15, -0.1) is 0 Å². The molecule has 0 radical (unpaired) electrons. The molecule has 290 valence electrons. The van der Waals surface area contributed by atoms with E-state index < -0.39 is 67.0 Å². The Bertz CT molecular complexity index is 1800. The van der Waals surface area contributed by atoms with Crippen LogP contribution in [0.15, 0.2) is 52.9 Å². The van der Waals surface area contributed by atoms with Crippen LogP contribution in [0.25, 0.3) is 10.8 Å². The molecule has 3 aromatic rings. The van der Waals surface area contributed by atoms with Crippen molar-refractivity contribution in [2.75, 3.05) is 7.05 Å². The van der Waals surface area contributed by atoms with Crippen molar-refractivity contribution in [3.63, 3.8) is 0 Å². The van der Waals surface area contributed by atoms with E-state index >= 15 is 0 Å². The van der Waals surface area contributed by atoms with Crippen molar-refractivity contribution in [1.82, 2.24) is 4.90 Å².